The standard InChI is InChI=1S/C13H24N2O3/c1-11(17)14-9-4-2-3-6-12(18)15-13(10-16)7-5-8-13/h16H,2-10H2,1H3,(H,14,17)(H,15,18). The zero-order valence-electron chi connectivity index (χ0n) is 11.1. The topological polar surface area (TPSA) is 78.4 Å². The number of rotatable bonds is 8. The van der Waals surface area contributed by atoms with Crippen LogP contribution in [-0.4, -0.2) is 35.6 Å². The smallest absolute Gasteiger partial charge is 0.220 e. The molecule has 1 fully saturated rings. The van der Waals surface area contributed by atoms with Gasteiger partial charge in [-0.05, 0) is 32.1 Å². The van der Waals surface area contributed by atoms with Crippen molar-refractivity contribution < 1.29 is 14.7 Å². The van der Waals surface area contributed by atoms with Gasteiger partial charge in [-0.3, -0.25) is 9.59 Å². The van der Waals surface area contributed by atoms with E-state index in [1.807, 2.05) is 0 Å². The van der Waals surface area contributed by atoms with Gasteiger partial charge in [-0.1, -0.05) is 6.42 Å². The summed E-state index contributed by atoms with van der Waals surface area (Å²) in [5.74, 6) is 0.0193. The molecule has 5 heteroatoms. The number of unbranched alkanes of at least 4 members (excludes halogenated alkanes) is 2. The van der Waals surface area contributed by atoms with E-state index in [2.05, 4.69) is 10.6 Å². The molecule has 1 saturated carbocycles. The maximum atomic E-state index is 11.7. The lowest BCUT2D eigenvalue weighted by molar-refractivity contribution is -0.125. The maximum Gasteiger partial charge on any atom is 0.220 e. The van der Waals surface area contributed by atoms with Gasteiger partial charge in [0, 0.05) is 19.9 Å². The van der Waals surface area contributed by atoms with Crippen molar-refractivity contribution in [1.82, 2.24) is 10.6 Å². The number of nitrogens with one attached hydrogen (secondary N) is 2. The minimum Gasteiger partial charge on any atom is -0.394 e. The second-order valence-corrected chi connectivity index (χ2v) is 5.13. The summed E-state index contributed by atoms with van der Waals surface area (Å²) >= 11 is 0. The van der Waals surface area contributed by atoms with Crippen LogP contribution >= 0.6 is 0 Å². The molecule has 5 nitrogen and oxygen atoms in total. The molecule has 0 unspecified atom stereocenters. The molecule has 1 rings (SSSR count). The summed E-state index contributed by atoms with van der Waals surface area (Å²) in [6.45, 7) is 2.22. The van der Waals surface area contributed by atoms with Crippen molar-refractivity contribution in [3.05, 3.63) is 0 Å². The molecular formula is C13H24N2O3. The Kier molecular flexibility index (Phi) is 6.12. The van der Waals surface area contributed by atoms with Crippen LogP contribution in [0.4, 0.5) is 0 Å². The molecule has 1 aliphatic carbocycles. The minimum atomic E-state index is -0.326. The Bertz CT molecular complexity index is 282. The molecule has 0 aromatic carbocycles. The maximum absolute atomic E-state index is 11.7. The molecule has 0 aromatic heterocycles. The van der Waals surface area contributed by atoms with Gasteiger partial charge in [-0.15, -0.1) is 0 Å². The van der Waals surface area contributed by atoms with Crippen LogP contribution in [0, 0.1) is 0 Å². The lowest BCUT2D eigenvalue weighted by Crippen LogP contribution is -2.56. The van der Waals surface area contributed by atoms with Crippen molar-refractivity contribution in [2.75, 3.05) is 13.2 Å². The molecule has 1 aliphatic rings. The van der Waals surface area contributed by atoms with Gasteiger partial charge in [-0.2, -0.15) is 0 Å². The van der Waals surface area contributed by atoms with Crippen LogP contribution in [0.1, 0.15) is 51.9 Å². The third-order valence-electron chi connectivity index (χ3n) is 3.47. The van der Waals surface area contributed by atoms with E-state index in [1.54, 1.807) is 0 Å². The molecule has 0 bridgehead atoms. The van der Waals surface area contributed by atoms with E-state index >= 15 is 0 Å². The number of aliphatic hydroxyl groups excluding tert-OH is 1. The normalized spacial score (nSPS) is 16.8. The number of hydrogen-bond acceptors (Lipinski definition) is 3. The fourth-order valence-corrected chi connectivity index (χ4v) is 2.14. The molecular weight excluding hydrogens is 232 g/mol. The average molecular weight is 256 g/mol. The van der Waals surface area contributed by atoms with Crippen molar-refractivity contribution in [3.8, 4) is 0 Å². The first kappa shape index (κ1) is 15.0. The molecule has 0 atom stereocenters. The van der Waals surface area contributed by atoms with Gasteiger partial charge < -0.3 is 15.7 Å². The molecule has 0 aliphatic heterocycles. The Labute approximate surface area is 108 Å². The Hall–Kier alpha value is -1.10. The zero-order valence-corrected chi connectivity index (χ0v) is 11.1. The molecule has 0 radical (unpaired) electrons. The van der Waals surface area contributed by atoms with Gasteiger partial charge in [0.25, 0.3) is 0 Å². The lowest BCUT2D eigenvalue weighted by Gasteiger charge is -2.41. The number of carbonyl (C=O) groups excluding carboxylic acids is 2. The number of amides is 2. The Morgan fingerprint density at radius 1 is 1.22 bits per heavy atom. The summed E-state index contributed by atoms with van der Waals surface area (Å²) in [4.78, 5) is 22.3. The van der Waals surface area contributed by atoms with Crippen LogP contribution in [0.5, 0.6) is 0 Å². The van der Waals surface area contributed by atoms with E-state index in [-0.39, 0.29) is 24.0 Å². The van der Waals surface area contributed by atoms with Gasteiger partial charge in [0.05, 0.1) is 12.1 Å². The van der Waals surface area contributed by atoms with E-state index in [0.29, 0.717) is 13.0 Å². The fourth-order valence-electron chi connectivity index (χ4n) is 2.14. The molecule has 0 saturated heterocycles. The molecule has 2 amide bonds. The first-order valence-corrected chi connectivity index (χ1v) is 6.74. The first-order chi connectivity index (χ1) is 8.58. The highest BCUT2D eigenvalue weighted by Gasteiger charge is 2.37. The highest BCUT2D eigenvalue weighted by atomic mass is 16.3. The summed E-state index contributed by atoms with van der Waals surface area (Å²) in [5, 5.41) is 14.9. The van der Waals surface area contributed by atoms with Crippen molar-refractivity contribution in [3.63, 3.8) is 0 Å². The monoisotopic (exact) mass is 256 g/mol. The molecule has 0 spiro atoms. The third-order valence-corrected chi connectivity index (χ3v) is 3.47. The Morgan fingerprint density at radius 3 is 2.44 bits per heavy atom. The third kappa shape index (κ3) is 5.04. The van der Waals surface area contributed by atoms with Crippen molar-refractivity contribution in [2.45, 2.75) is 57.4 Å². The van der Waals surface area contributed by atoms with E-state index in [4.69, 9.17) is 0 Å². The van der Waals surface area contributed by atoms with Gasteiger partial charge >= 0.3 is 0 Å². The van der Waals surface area contributed by atoms with Gasteiger partial charge in [0.1, 0.15) is 0 Å². The van der Waals surface area contributed by atoms with Gasteiger partial charge in [0.2, 0.25) is 11.8 Å². The molecule has 3 N–H and O–H groups in total. The first-order valence-electron chi connectivity index (χ1n) is 6.74. The Balaban J connectivity index is 2.01. The van der Waals surface area contributed by atoms with E-state index < -0.39 is 0 Å². The minimum absolute atomic E-state index is 0.0115. The van der Waals surface area contributed by atoms with Crippen molar-refractivity contribution in [2.24, 2.45) is 0 Å². The summed E-state index contributed by atoms with van der Waals surface area (Å²) in [5.41, 5.74) is -0.326. The van der Waals surface area contributed by atoms with Crippen molar-refractivity contribution in [1.29, 1.82) is 0 Å². The SMILES string of the molecule is CC(=O)NCCCCCC(=O)NC1(CO)CCC1. The van der Waals surface area contributed by atoms with E-state index in [0.717, 1.165) is 38.5 Å². The summed E-state index contributed by atoms with van der Waals surface area (Å²) < 4.78 is 0. The summed E-state index contributed by atoms with van der Waals surface area (Å²) in [6, 6.07) is 0. The molecule has 104 valence electrons. The fraction of sp³-hybridized carbons (Fsp3) is 0.846. The molecule has 0 aromatic rings. The second-order valence-electron chi connectivity index (χ2n) is 5.13. The van der Waals surface area contributed by atoms with Crippen molar-refractivity contribution >= 4 is 11.8 Å². The zero-order chi connectivity index (χ0) is 13.4. The van der Waals surface area contributed by atoms with Crippen LogP contribution in [0.25, 0.3) is 0 Å². The number of hydrogen-bond donors (Lipinski definition) is 3. The largest absolute Gasteiger partial charge is 0.394 e. The van der Waals surface area contributed by atoms with Crippen LogP contribution in [-0.2, 0) is 9.59 Å². The van der Waals surface area contributed by atoms with Crippen LogP contribution < -0.4 is 10.6 Å². The predicted molar refractivity (Wildman–Crippen MR) is 69.0 cm³/mol. The molecule has 18 heavy (non-hydrogen) atoms. The van der Waals surface area contributed by atoms with Crippen LogP contribution in [0.3, 0.4) is 0 Å². The Morgan fingerprint density at radius 2 is 1.94 bits per heavy atom. The van der Waals surface area contributed by atoms with Gasteiger partial charge in [-0.25, -0.2) is 0 Å². The van der Waals surface area contributed by atoms with E-state index in [9.17, 15) is 14.7 Å². The summed E-state index contributed by atoms with van der Waals surface area (Å²) in [7, 11) is 0. The number of aliphatic hydroxyl groups is 1. The highest BCUT2D eigenvalue weighted by molar-refractivity contribution is 5.77. The van der Waals surface area contributed by atoms with Crippen LogP contribution in [0.2, 0.25) is 0 Å². The predicted octanol–water partition coefficient (Wildman–Crippen LogP) is 0.714. The quantitative estimate of drug-likeness (QED) is 0.560. The molecule has 0 heterocycles. The second kappa shape index (κ2) is 7.36. The van der Waals surface area contributed by atoms with Gasteiger partial charge in [0.15, 0.2) is 0 Å². The average Bonchev–Trinajstić information content (AvgIpc) is 2.28. The highest BCUT2D eigenvalue weighted by Crippen LogP contribution is 2.31. The van der Waals surface area contributed by atoms with Crippen LogP contribution in [0.15, 0.2) is 0 Å². The van der Waals surface area contributed by atoms with E-state index in [1.165, 1.54) is 6.92 Å². The lowest BCUT2D eigenvalue weighted by atomic mass is 9.77. The number of carbonyl (C=O) groups is 2. The summed E-state index contributed by atoms with van der Waals surface area (Å²) in [6.07, 6.45) is 6.01.